The normalized spacial score (nSPS) is 26.8. The number of carbonyl (C=O) groups is 2. The fourth-order valence-corrected chi connectivity index (χ4v) is 7.73. The molecule has 11 atom stereocenters. The van der Waals surface area contributed by atoms with E-state index in [1.165, 1.54) is 77.0 Å². The van der Waals surface area contributed by atoms with Gasteiger partial charge in [-0.05, 0) is 64.2 Å². The first-order valence-corrected chi connectivity index (χ1v) is 24.9. The topological polar surface area (TPSA) is 231 Å². The van der Waals surface area contributed by atoms with Crippen LogP contribution < -0.4 is 0 Å². The highest BCUT2D eigenvalue weighted by molar-refractivity contribution is 5.70. The van der Waals surface area contributed by atoms with Crippen molar-refractivity contribution in [1.82, 2.24) is 0 Å². The van der Waals surface area contributed by atoms with Gasteiger partial charge in [0.05, 0.1) is 19.8 Å². The summed E-state index contributed by atoms with van der Waals surface area (Å²) in [5.41, 5.74) is 0. The second kappa shape index (κ2) is 37.0. The van der Waals surface area contributed by atoms with E-state index in [0.29, 0.717) is 12.8 Å². The lowest BCUT2D eigenvalue weighted by molar-refractivity contribution is -0.332. The molecular weight excluding hydrogens is 829 g/mol. The van der Waals surface area contributed by atoms with Crippen LogP contribution in [-0.4, -0.2) is 142 Å². The van der Waals surface area contributed by atoms with Gasteiger partial charge in [-0.3, -0.25) is 9.59 Å². The van der Waals surface area contributed by atoms with E-state index in [2.05, 4.69) is 38.2 Å². The Morgan fingerprint density at radius 2 is 0.891 bits per heavy atom. The number of hydrogen-bond acceptors (Lipinski definition) is 15. The minimum Gasteiger partial charge on any atom is -0.462 e. The maximum absolute atomic E-state index is 13.0. The molecule has 0 spiro atoms. The largest absolute Gasteiger partial charge is 0.462 e. The molecule has 15 nitrogen and oxygen atoms in total. The summed E-state index contributed by atoms with van der Waals surface area (Å²) in [6.45, 7) is 2.55. The predicted molar refractivity (Wildman–Crippen MR) is 243 cm³/mol. The molecule has 2 saturated heterocycles. The zero-order valence-corrected chi connectivity index (χ0v) is 39.3. The second-order valence-electron chi connectivity index (χ2n) is 17.6. The third-order valence-corrected chi connectivity index (χ3v) is 11.9. The van der Waals surface area contributed by atoms with Crippen LogP contribution in [0.2, 0.25) is 0 Å². The first-order valence-electron chi connectivity index (χ1n) is 24.9. The third-order valence-electron chi connectivity index (χ3n) is 11.9. The smallest absolute Gasteiger partial charge is 0.306 e. The van der Waals surface area contributed by atoms with E-state index < -0.39 is 92.7 Å². The van der Waals surface area contributed by atoms with Crippen molar-refractivity contribution in [1.29, 1.82) is 0 Å². The van der Waals surface area contributed by atoms with Gasteiger partial charge in [0.25, 0.3) is 0 Å². The Hall–Kier alpha value is -2.02. The molecule has 2 rings (SSSR count). The molecule has 7 N–H and O–H groups in total. The third kappa shape index (κ3) is 25.2. The van der Waals surface area contributed by atoms with Gasteiger partial charge in [0.1, 0.15) is 55.4 Å². The Morgan fingerprint density at radius 1 is 0.484 bits per heavy atom. The fourth-order valence-electron chi connectivity index (χ4n) is 7.73. The summed E-state index contributed by atoms with van der Waals surface area (Å²) in [4.78, 5) is 25.7. The minimum atomic E-state index is -1.77. The number of allylic oxidation sites excluding steroid dienone is 4. The molecule has 11 unspecified atom stereocenters. The Balaban J connectivity index is 1.84. The quantitative estimate of drug-likeness (QED) is 0.0203. The highest BCUT2D eigenvalue weighted by Gasteiger charge is 2.47. The molecule has 0 aromatic carbocycles. The Bertz CT molecular complexity index is 1220. The number of aliphatic hydroxyl groups is 7. The molecule has 374 valence electrons. The predicted octanol–water partition coefficient (Wildman–Crippen LogP) is 6.38. The molecular formula is C49H88O15. The average molecular weight is 917 g/mol. The van der Waals surface area contributed by atoms with Crippen molar-refractivity contribution in [2.24, 2.45) is 0 Å². The zero-order chi connectivity index (χ0) is 46.8. The van der Waals surface area contributed by atoms with Crippen LogP contribution in [0.4, 0.5) is 0 Å². The molecule has 2 heterocycles. The Kier molecular flexibility index (Phi) is 33.6. The van der Waals surface area contributed by atoms with Crippen LogP contribution in [0.3, 0.4) is 0 Å². The van der Waals surface area contributed by atoms with Crippen molar-refractivity contribution in [3.05, 3.63) is 24.3 Å². The van der Waals surface area contributed by atoms with Gasteiger partial charge in [-0.15, -0.1) is 0 Å². The molecule has 2 fully saturated rings. The van der Waals surface area contributed by atoms with Crippen molar-refractivity contribution in [3.8, 4) is 0 Å². The second-order valence-corrected chi connectivity index (χ2v) is 17.6. The lowest BCUT2D eigenvalue weighted by atomic mass is 9.98. The molecule has 2 aliphatic rings. The summed E-state index contributed by atoms with van der Waals surface area (Å²) in [5, 5.41) is 72.0. The highest BCUT2D eigenvalue weighted by Crippen LogP contribution is 2.26. The van der Waals surface area contributed by atoms with Crippen molar-refractivity contribution < 1.29 is 73.8 Å². The van der Waals surface area contributed by atoms with Crippen LogP contribution in [0.25, 0.3) is 0 Å². The molecule has 15 heteroatoms. The summed E-state index contributed by atoms with van der Waals surface area (Å²) in [6, 6.07) is 0. The van der Waals surface area contributed by atoms with Gasteiger partial charge in [0.2, 0.25) is 0 Å². The van der Waals surface area contributed by atoms with Crippen molar-refractivity contribution in [3.63, 3.8) is 0 Å². The maximum Gasteiger partial charge on any atom is 0.306 e. The van der Waals surface area contributed by atoms with E-state index in [4.69, 9.17) is 28.4 Å². The molecule has 0 bridgehead atoms. The maximum atomic E-state index is 13.0. The van der Waals surface area contributed by atoms with E-state index >= 15 is 0 Å². The van der Waals surface area contributed by atoms with Gasteiger partial charge in [-0.1, -0.05) is 128 Å². The van der Waals surface area contributed by atoms with E-state index in [1.54, 1.807) is 0 Å². The molecule has 0 aromatic heterocycles. The van der Waals surface area contributed by atoms with Gasteiger partial charge < -0.3 is 64.2 Å². The average Bonchev–Trinajstić information content (AvgIpc) is 3.29. The molecule has 0 aliphatic carbocycles. The van der Waals surface area contributed by atoms with E-state index in [-0.39, 0.29) is 26.1 Å². The lowest BCUT2D eigenvalue weighted by Gasteiger charge is -2.42. The number of ether oxygens (including phenoxy) is 6. The summed E-state index contributed by atoms with van der Waals surface area (Å²) in [6.07, 6.45) is 19.2. The van der Waals surface area contributed by atoms with Crippen LogP contribution >= 0.6 is 0 Å². The molecule has 64 heavy (non-hydrogen) atoms. The number of unbranched alkanes of at least 4 members (excludes halogenated alkanes) is 20. The van der Waals surface area contributed by atoms with E-state index in [0.717, 1.165) is 64.2 Å². The van der Waals surface area contributed by atoms with Crippen LogP contribution in [0.1, 0.15) is 181 Å². The lowest BCUT2D eigenvalue weighted by Crippen LogP contribution is -2.61. The number of hydrogen-bond donors (Lipinski definition) is 7. The number of rotatable bonds is 38. The van der Waals surface area contributed by atoms with Crippen molar-refractivity contribution >= 4 is 11.9 Å². The Morgan fingerprint density at radius 3 is 1.39 bits per heavy atom. The van der Waals surface area contributed by atoms with Gasteiger partial charge in [-0.25, -0.2) is 0 Å². The Labute approximate surface area is 383 Å². The molecule has 0 amide bonds. The van der Waals surface area contributed by atoms with Crippen molar-refractivity contribution in [2.75, 3.05) is 26.4 Å². The summed E-state index contributed by atoms with van der Waals surface area (Å²) in [5.74, 6) is -0.951. The highest BCUT2D eigenvalue weighted by atomic mass is 16.7. The minimum absolute atomic E-state index is 0.154. The number of esters is 2. The summed E-state index contributed by atoms with van der Waals surface area (Å²) < 4.78 is 33.5. The van der Waals surface area contributed by atoms with Gasteiger partial charge in [-0.2, -0.15) is 0 Å². The van der Waals surface area contributed by atoms with E-state index in [9.17, 15) is 45.3 Å². The summed E-state index contributed by atoms with van der Waals surface area (Å²) >= 11 is 0. The van der Waals surface area contributed by atoms with Crippen LogP contribution in [-0.2, 0) is 38.0 Å². The fraction of sp³-hybridized carbons (Fsp3) is 0.878. The van der Waals surface area contributed by atoms with E-state index in [1.807, 2.05) is 0 Å². The first-order chi connectivity index (χ1) is 31.0. The van der Waals surface area contributed by atoms with Gasteiger partial charge in [0.15, 0.2) is 18.7 Å². The number of aliphatic hydroxyl groups excluding tert-OH is 7. The summed E-state index contributed by atoms with van der Waals surface area (Å²) in [7, 11) is 0. The van der Waals surface area contributed by atoms with Crippen LogP contribution in [0.15, 0.2) is 24.3 Å². The molecule has 0 saturated carbocycles. The molecule has 2 aliphatic heterocycles. The zero-order valence-electron chi connectivity index (χ0n) is 39.3. The molecule has 0 aromatic rings. The van der Waals surface area contributed by atoms with Crippen molar-refractivity contribution in [2.45, 2.75) is 248 Å². The molecule has 0 radical (unpaired) electrons. The SMILES string of the molecule is CCCCCCCC/C=C\CCCCCCCC(=O)OC(COC(=O)CCCCC/C=C\CCCCCCCC)COC1OC(COC2OC(CO)C(O)C(O)C2O)C(O)C(O)C1O. The monoisotopic (exact) mass is 917 g/mol. The standard InChI is InChI=1S/C49H88O15/c1-3-5-7-9-11-13-15-17-18-20-22-24-26-28-30-32-41(52)62-37(34-59-40(51)31-29-27-25-23-21-19-16-14-12-10-8-6-4-2)35-60-48-47(58)45(56)43(54)39(64-48)36-61-49-46(57)44(55)42(53)38(33-50)63-49/h17-19,21,37-39,42-50,53-58H,3-16,20,22-36H2,1-2H3/b18-17-,21-19-. The first kappa shape index (κ1) is 58.1. The van der Waals surface area contributed by atoms with Crippen LogP contribution in [0.5, 0.6) is 0 Å². The van der Waals surface area contributed by atoms with Gasteiger partial charge in [0, 0.05) is 12.8 Å². The van der Waals surface area contributed by atoms with Gasteiger partial charge >= 0.3 is 11.9 Å². The van der Waals surface area contributed by atoms with Crippen LogP contribution in [0, 0.1) is 0 Å². The number of carbonyl (C=O) groups excluding carboxylic acids is 2.